The third-order valence-electron chi connectivity index (χ3n) is 5.45. The van der Waals surface area contributed by atoms with Crippen molar-refractivity contribution in [2.45, 2.75) is 32.9 Å². The largest absolute Gasteiger partial charge is 0.497 e. The lowest BCUT2D eigenvalue weighted by Gasteiger charge is -2.36. The number of nitrogens with zero attached hydrogens (tertiary/aromatic N) is 3. The number of amides is 2. The van der Waals surface area contributed by atoms with Crippen LogP contribution in [0.4, 0.5) is 10.5 Å². The molecule has 2 aromatic rings. The van der Waals surface area contributed by atoms with Crippen molar-refractivity contribution in [2.75, 3.05) is 43.9 Å². The quantitative estimate of drug-likeness (QED) is 0.406. The fraction of sp³-hybridized carbons (Fsp3) is 0.423. The highest BCUT2D eigenvalue weighted by atomic mass is 79.9. The van der Waals surface area contributed by atoms with Crippen molar-refractivity contribution >= 4 is 61.9 Å². The first-order valence-electron chi connectivity index (χ1n) is 11.6. The average Bonchev–Trinajstić information content (AvgIpc) is 2.85. The van der Waals surface area contributed by atoms with Crippen LogP contribution in [0.5, 0.6) is 5.75 Å². The van der Waals surface area contributed by atoms with Crippen LogP contribution in [0.15, 0.2) is 53.0 Å². The lowest BCUT2D eigenvalue weighted by molar-refractivity contribution is -0.116. The molecule has 2 aromatic carbocycles. The maximum atomic E-state index is 13.3. The number of hydrogen-bond acceptors (Lipinski definition) is 6. The number of thiocarbonyl (C=S) groups is 1. The smallest absolute Gasteiger partial charge is 0.410 e. The average molecular weight is 595 g/mol. The molecule has 2 amide bonds. The topological polar surface area (TPSA) is 62.3 Å². The van der Waals surface area contributed by atoms with E-state index >= 15 is 0 Å². The van der Waals surface area contributed by atoms with Gasteiger partial charge in [-0.15, -0.1) is 0 Å². The molecule has 1 aliphatic heterocycles. The van der Waals surface area contributed by atoms with E-state index in [2.05, 4.69) is 15.9 Å². The first kappa shape index (κ1) is 28.3. The van der Waals surface area contributed by atoms with Gasteiger partial charge in [0.15, 0.2) is 0 Å². The molecule has 10 heteroatoms. The Morgan fingerprint density at radius 2 is 1.58 bits per heavy atom. The fourth-order valence-electron chi connectivity index (χ4n) is 3.55. The minimum Gasteiger partial charge on any atom is -0.497 e. The Kier molecular flexibility index (Phi) is 10.0. The van der Waals surface area contributed by atoms with E-state index in [1.165, 1.54) is 11.8 Å². The highest BCUT2D eigenvalue weighted by Gasteiger charge is 2.27. The summed E-state index contributed by atoms with van der Waals surface area (Å²) in [7, 11) is 1.63. The predicted octanol–water partition coefficient (Wildman–Crippen LogP) is 5.56. The number of thioether (sulfide) groups is 1. The molecule has 7 nitrogen and oxygen atoms in total. The zero-order chi connectivity index (χ0) is 26.3. The van der Waals surface area contributed by atoms with Crippen LogP contribution < -0.4 is 9.64 Å². The summed E-state index contributed by atoms with van der Waals surface area (Å²) < 4.78 is 12.3. The van der Waals surface area contributed by atoms with Crippen LogP contribution in [0.1, 0.15) is 26.3 Å². The van der Waals surface area contributed by atoms with Gasteiger partial charge in [0.05, 0.1) is 19.4 Å². The molecule has 0 bridgehead atoms. The van der Waals surface area contributed by atoms with Crippen LogP contribution in [0, 0.1) is 0 Å². The standard InChI is InChI=1S/C26H32BrN3O4S2/c1-26(2,3)34-24(32)28-13-15-29(16-14-28)25(35)36-18-23(31)30(21-9-7-20(27)8-10-21)17-19-5-11-22(33-4)12-6-19/h5-12H,13-18H2,1-4H3. The Morgan fingerprint density at radius 3 is 2.14 bits per heavy atom. The molecular weight excluding hydrogens is 562 g/mol. The van der Waals surface area contributed by atoms with Crippen molar-refractivity contribution in [1.29, 1.82) is 0 Å². The Balaban J connectivity index is 1.58. The van der Waals surface area contributed by atoms with Crippen molar-refractivity contribution in [2.24, 2.45) is 0 Å². The zero-order valence-corrected chi connectivity index (χ0v) is 24.2. The van der Waals surface area contributed by atoms with Gasteiger partial charge in [-0.05, 0) is 62.7 Å². The molecule has 0 N–H and O–H groups in total. The SMILES string of the molecule is COc1ccc(CN(C(=O)CSC(=S)N2CCN(C(=O)OC(C)(C)C)CC2)c2ccc(Br)cc2)cc1. The minimum absolute atomic E-state index is 0.0344. The third kappa shape index (κ3) is 8.38. The summed E-state index contributed by atoms with van der Waals surface area (Å²) in [5.74, 6) is 0.956. The second-order valence-electron chi connectivity index (χ2n) is 9.31. The number of carbonyl (C=O) groups is 2. The van der Waals surface area contributed by atoms with Gasteiger partial charge in [-0.1, -0.05) is 52.0 Å². The van der Waals surface area contributed by atoms with Gasteiger partial charge in [-0.3, -0.25) is 4.79 Å². The number of rotatable bonds is 6. The van der Waals surface area contributed by atoms with E-state index in [9.17, 15) is 9.59 Å². The molecule has 1 fully saturated rings. The molecule has 1 saturated heterocycles. The van der Waals surface area contributed by atoms with Crippen molar-refractivity contribution < 1.29 is 19.1 Å². The van der Waals surface area contributed by atoms with E-state index in [1.54, 1.807) is 16.9 Å². The van der Waals surface area contributed by atoms with Crippen molar-refractivity contribution in [3.63, 3.8) is 0 Å². The summed E-state index contributed by atoms with van der Waals surface area (Å²) >= 11 is 10.4. The second kappa shape index (κ2) is 12.8. The van der Waals surface area contributed by atoms with Crippen LogP contribution in [-0.4, -0.2) is 70.8 Å². The number of anilines is 1. The lowest BCUT2D eigenvalue weighted by atomic mass is 10.2. The maximum Gasteiger partial charge on any atom is 0.410 e. The van der Waals surface area contributed by atoms with E-state index in [1.807, 2.05) is 74.2 Å². The number of methoxy groups -OCH3 is 1. The Hall–Kier alpha value is -2.30. The molecule has 1 aliphatic rings. The van der Waals surface area contributed by atoms with Crippen molar-refractivity contribution in [3.05, 3.63) is 58.6 Å². The second-order valence-corrected chi connectivity index (χ2v) is 11.8. The normalized spacial score (nSPS) is 13.8. The molecule has 1 heterocycles. The molecule has 3 rings (SSSR count). The number of ether oxygens (including phenoxy) is 2. The molecular formula is C26H32BrN3O4S2. The minimum atomic E-state index is -0.522. The molecule has 0 spiro atoms. The van der Waals surface area contributed by atoms with Crippen molar-refractivity contribution in [3.8, 4) is 5.75 Å². The lowest BCUT2D eigenvalue weighted by Crippen LogP contribution is -2.51. The number of hydrogen-bond donors (Lipinski definition) is 0. The van der Waals surface area contributed by atoms with Gasteiger partial charge in [0.25, 0.3) is 0 Å². The van der Waals surface area contributed by atoms with Gasteiger partial charge in [0.2, 0.25) is 5.91 Å². The molecule has 0 atom stereocenters. The maximum absolute atomic E-state index is 13.3. The number of benzene rings is 2. The number of halogens is 1. The molecule has 0 unspecified atom stereocenters. The van der Waals surface area contributed by atoms with Gasteiger partial charge in [-0.2, -0.15) is 0 Å². The zero-order valence-electron chi connectivity index (χ0n) is 21.0. The van der Waals surface area contributed by atoms with Gasteiger partial charge in [0, 0.05) is 36.3 Å². The van der Waals surface area contributed by atoms with E-state index in [0.717, 1.165) is 21.5 Å². The van der Waals surface area contributed by atoms with Crippen LogP contribution in [-0.2, 0) is 16.1 Å². The van der Waals surface area contributed by atoms with Gasteiger partial charge < -0.3 is 24.2 Å². The molecule has 194 valence electrons. The van der Waals surface area contributed by atoms with Gasteiger partial charge >= 0.3 is 6.09 Å². The van der Waals surface area contributed by atoms with E-state index < -0.39 is 5.60 Å². The summed E-state index contributed by atoms with van der Waals surface area (Å²) in [5, 5.41) is 0. The summed E-state index contributed by atoms with van der Waals surface area (Å²) in [5.41, 5.74) is 1.29. The monoisotopic (exact) mass is 593 g/mol. The summed E-state index contributed by atoms with van der Waals surface area (Å²) in [6.07, 6.45) is -0.306. The summed E-state index contributed by atoms with van der Waals surface area (Å²) in [6, 6.07) is 15.4. The van der Waals surface area contributed by atoms with E-state index in [0.29, 0.717) is 37.0 Å². The summed E-state index contributed by atoms with van der Waals surface area (Å²) in [4.78, 5) is 31.2. The molecule has 0 radical (unpaired) electrons. The highest BCUT2D eigenvalue weighted by Crippen LogP contribution is 2.24. The molecule has 0 aromatic heterocycles. The first-order valence-corrected chi connectivity index (χ1v) is 13.8. The summed E-state index contributed by atoms with van der Waals surface area (Å²) in [6.45, 7) is 8.30. The van der Waals surface area contributed by atoms with Crippen LogP contribution >= 0.6 is 39.9 Å². The predicted molar refractivity (Wildman–Crippen MR) is 153 cm³/mol. The molecule has 36 heavy (non-hydrogen) atoms. The molecule has 0 saturated carbocycles. The first-order chi connectivity index (χ1) is 17.1. The Morgan fingerprint density at radius 1 is 1.00 bits per heavy atom. The Bertz CT molecular complexity index is 1050. The molecule has 0 aliphatic carbocycles. The van der Waals surface area contributed by atoms with Crippen LogP contribution in [0.3, 0.4) is 0 Å². The Labute approximate surface area is 231 Å². The van der Waals surface area contributed by atoms with Gasteiger partial charge in [0.1, 0.15) is 15.7 Å². The van der Waals surface area contributed by atoms with Crippen LogP contribution in [0.2, 0.25) is 0 Å². The number of carbonyl (C=O) groups excluding carboxylic acids is 2. The number of piperazine rings is 1. The van der Waals surface area contributed by atoms with Crippen molar-refractivity contribution in [1.82, 2.24) is 9.80 Å². The fourth-order valence-corrected chi connectivity index (χ4v) is 4.94. The van der Waals surface area contributed by atoms with E-state index in [-0.39, 0.29) is 17.8 Å². The van der Waals surface area contributed by atoms with Crippen LogP contribution in [0.25, 0.3) is 0 Å². The van der Waals surface area contributed by atoms with E-state index in [4.69, 9.17) is 21.7 Å². The third-order valence-corrected chi connectivity index (χ3v) is 7.48. The highest BCUT2D eigenvalue weighted by molar-refractivity contribution is 9.10. The van der Waals surface area contributed by atoms with Gasteiger partial charge in [-0.25, -0.2) is 4.79 Å².